The topological polar surface area (TPSA) is 122 Å². The third-order valence-corrected chi connectivity index (χ3v) is 4.88. The standard InChI is InChI=1S/C17H23Cl2N3O4/c1-3-9(2)15(22-13(23)7-12(20)17(25)26)16(24)21-8-10-5-4-6-11(18)14(10)19/h4-6,9,12,15H,3,7-8,20H2,1-2H3,(H,21,24)(H,22,23)(H,25,26)/t9?,12-,15-/m0/s1. The third-order valence-electron chi connectivity index (χ3n) is 4.02. The zero-order valence-corrected chi connectivity index (χ0v) is 16.1. The fourth-order valence-electron chi connectivity index (χ4n) is 2.20. The highest BCUT2D eigenvalue weighted by Crippen LogP contribution is 2.25. The molecule has 3 atom stereocenters. The number of nitrogens with two attached hydrogens (primary N) is 1. The van der Waals surface area contributed by atoms with E-state index < -0.39 is 36.3 Å². The Morgan fingerprint density at radius 3 is 2.50 bits per heavy atom. The molecular weight excluding hydrogens is 381 g/mol. The van der Waals surface area contributed by atoms with Crippen molar-refractivity contribution < 1.29 is 19.5 Å². The zero-order valence-electron chi connectivity index (χ0n) is 14.6. The SMILES string of the molecule is CCC(C)[C@H](NC(=O)C[C@H](N)C(=O)O)C(=O)NCc1cccc(Cl)c1Cl. The van der Waals surface area contributed by atoms with E-state index >= 15 is 0 Å². The largest absolute Gasteiger partial charge is 0.480 e. The number of halogens is 2. The molecule has 5 N–H and O–H groups in total. The molecular formula is C17H23Cl2N3O4. The van der Waals surface area contributed by atoms with Gasteiger partial charge in [-0.05, 0) is 17.5 Å². The Bertz CT molecular complexity index is 669. The Morgan fingerprint density at radius 1 is 1.27 bits per heavy atom. The van der Waals surface area contributed by atoms with Crippen molar-refractivity contribution >= 4 is 41.0 Å². The zero-order chi connectivity index (χ0) is 19.9. The molecule has 144 valence electrons. The lowest BCUT2D eigenvalue weighted by Gasteiger charge is -2.24. The lowest BCUT2D eigenvalue weighted by molar-refractivity contribution is -0.140. The molecule has 0 aliphatic heterocycles. The van der Waals surface area contributed by atoms with E-state index in [2.05, 4.69) is 10.6 Å². The molecule has 0 bridgehead atoms. The Labute approximate surface area is 162 Å². The van der Waals surface area contributed by atoms with Crippen LogP contribution in [0.3, 0.4) is 0 Å². The van der Waals surface area contributed by atoms with Crippen LogP contribution in [-0.4, -0.2) is 35.0 Å². The van der Waals surface area contributed by atoms with Gasteiger partial charge in [0.2, 0.25) is 11.8 Å². The van der Waals surface area contributed by atoms with E-state index in [4.69, 9.17) is 34.0 Å². The molecule has 0 radical (unpaired) electrons. The van der Waals surface area contributed by atoms with Crippen molar-refractivity contribution in [2.24, 2.45) is 11.7 Å². The number of amides is 2. The highest BCUT2D eigenvalue weighted by molar-refractivity contribution is 6.42. The monoisotopic (exact) mass is 403 g/mol. The molecule has 0 spiro atoms. The van der Waals surface area contributed by atoms with Crippen molar-refractivity contribution in [3.8, 4) is 0 Å². The molecule has 0 saturated carbocycles. The van der Waals surface area contributed by atoms with Gasteiger partial charge in [0.05, 0.1) is 16.5 Å². The van der Waals surface area contributed by atoms with E-state index in [-0.39, 0.29) is 12.5 Å². The van der Waals surface area contributed by atoms with Gasteiger partial charge in [0, 0.05) is 6.54 Å². The van der Waals surface area contributed by atoms with Gasteiger partial charge in [0.15, 0.2) is 0 Å². The summed E-state index contributed by atoms with van der Waals surface area (Å²) >= 11 is 12.0. The van der Waals surface area contributed by atoms with Crippen molar-refractivity contribution in [2.45, 2.75) is 45.3 Å². The number of carboxylic acids is 1. The van der Waals surface area contributed by atoms with Crippen LogP contribution < -0.4 is 16.4 Å². The highest BCUT2D eigenvalue weighted by Gasteiger charge is 2.27. The number of rotatable bonds is 9. The molecule has 9 heteroatoms. The number of carbonyl (C=O) groups is 3. The van der Waals surface area contributed by atoms with Crippen LogP contribution in [0, 0.1) is 5.92 Å². The van der Waals surface area contributed by atoms with Gasteiger partial charge in [-0.3, -0.25) is 14.4 Å². The van der Waals surface area contributed by atoms with Crippen LogP contribution in [0.5, 0.6) is 0 Å². The minimum Gasteiger partial charge on any atom is -0.480 e. The summed E-state index contributed by atoms with van der Waals surface area (Å²) in [6.07, 6.45) is 0.233. The quantitative estimate of drug-likeness (QED) is 0.501. The summed E-state index contributed by atoms with van der Waals surface area (Å²) in [6, 6.07) is 2.96. The van der Waals surface area contributed by atoms with Crippen LogP contribution >= 0.6 is 23.2 Å². The predicted molar refractivity (Wildman–Crippen MR) is 99.9 cm³/mol. The fraction of sp³-hybridized carbons (Fsp3) is 0.471. The lowest BCUT2D eigenvalue weighted by atomic mass is 9.97. The maximum Gasteiger partial charge on any atom is 0.321 e. The van der Waals surface area contributed by atoms with E-state index in [1.54, 1.807) is 18.2 Å². The summed E-state index contributed by atoms with van der Waals surface area (Å²) in [7, 11) is 0. The molecule has 1 aromatic carbocycles. The summed E-state index contributed by atoms with van der Waals surface area (Å²) in [5, 5.41) is 14.8. The van der Waals surface area contributed by atoms with Crippen molar-refractivity contribution in [3.63, 3.8) is 0 Å². The molecule has 2 amide bonds. The molecule has 1 unspecified atom stereocenters. The van der Waals surface area contributed by atoms with Gasteiger partial charge in [-0.2, -0.15) is 0 Å². The van der Waals surface area contributed by atoms with E-state index in [0.29, 0.717) is 22.0 Å². The summed E-state index contributed by atoms with van der Waals surface area (Å²) in [5.41, 5.74) is 6.00. The molecule has 0 fully saturated rings. The van der Waals surface area contributed by atoms with Crippen LogP contribution in [0.15, 0.2) is 18.2 Å². The lowest BCUT2D eigenvalue weighted by Crippen LogP contribution is -2.51. The van der Waals surface area contributed by atoms with Crippen LogP contribution in [0.2, 0.25) is 10.0 Å². The Kier molecular flexibility index (Phi) is 8.84. The molecule has 0 aliphatic carbocycles. The van der Waals surface area contributed by atoms with Gasteiger partial charge in [0.25, 0.3) is 0 Å². The van der Waals surface area contributed by atoms with Crippen molar-refractivity contribution in [3.05, 3.63) is 33.8 Å². The summed E-state index contributed by atoms with van der Waals surface area (Å²) in [6.45, 7) is 3.84. The van der Waals surface area contributed by atoms with E-state index in [1.165, 1.54) is 0 Å². The van der Waals surface area contributed by atoms with Crippen molar-refractivity contribution in [1.82, 2.24) is 10.6 Å². The third kappa shape index (κ3) is 6.48. The Morgan fingerprint density at radius 2 is 1.92 bits per heavy atom. The molecule has 0 aromatic heterocycles. The number of carboxylic acid groups (broad SMARTS) is 1. The second kappa shape index (κ2) is 10.4. The number of aliphatic carboxylic acids is 1. The maximum absolute atomic E-state index is 12.5. The molecule has 0 aliphatic rings. The first-order valence-electron chi connectivity index (χ1n) is 8.15. The molecule has 7 nitrogen and oxygen atoms in total. The number of hydrogen-bond donors (Lipinski definition) is 4. The number of benzene rings is 1. The first-order chi connectivity index (χ1) is 12.2. The number of carbonyl (C=O) groups excluding carboxylic acids is 2. The molecule has 26 heavy (non-hydrogen) atoms. The summed E-state index contributed by atoms with van der Waals surface area (Å²) in [4.78, 5) is 35.3. The van der Waals surface area contributed by atoms with Crippen LogP contribution in [0.25, 0.3) is 0 Å². The second-order valence-corrected chi connectivity index (χ2v) is 6.80. The van der Waals surface area contributed by atoms with E-state index in [9.17, 15) is 14.4 Å². The highest BCUT2D eigenvalue weighted by atomic mass is 35.5. The molecule has 0 saturated heterocycles. The number of nitrogens with one attached hydrogen (secondary N) is 2. The Balaban J connectivity index is 2.75. The van der Waals surface area contributed by atoms with E-state index in [1.807, 2.05) is 13.8 Å². The van der Waals surface area contributed by atoms with Crippen LogP contribution in [-0.2, 0) is 20.9 Å². The van der Waals surface area contributed by atoms with Crippen LogP contribution in [0.4, 0.5) is 0 Å². The Hall–Kier alpha value is -1.83. The average molecular weight is 404 g/mol. The first-order valence-corrected chi connectivity index (χ1v) is 8.91. The van der Waals surface area contributed by atoms with Crippen molar-refractivity contribution in [2.75, 3.05) is 0 Å². The summed E-state index contributed by atoms with van der Waals surface area (Å²) in [5.74, 6) is -2.43. The maximum atomic E-state index is 12.5. The predicted octanol–water partition coefficient (Wildman–Crippen LogP) is 1.94. The second-order valence-electron chi connectivity index (χ2n) is 6.01. The van der Waals surface area contributed by atoms with Crippen molar-refractivity contribution in [1.29, 1.82) is 0 Å². The van der Waals surface area contributed by atoms with Gasteiger partial charge in [0.1, 0.15) is 12.1 Å². The van der Waals surface area contributed by atoms with Gasteiger partial charge in [-0.25, -0.2) is 0 Å². The van der Waals surface area contributed by atoms with Gasteiger partial charge < -0.3 is 21.5 Å². The normalized spacial score (nSPS) is 14.2. The average Bonchev–Trinajstić information content (AvgIpc) is 2.59. The minimum atomic E-state index is -1.32. The van der Waals surface area contributed by atoms with Gasteiger partial charge >= 0.3 is 5.97 Å². The molecule has 1 aromatic rings. The van der Waals surface area contributed by atoms with Gasteiger partial charge in [-0.1, -0.05) is 55.6 Å². The number of hydrogen-bond acceptors (Lipinski definition) is 4. The fourth-order valence-corrected chi connectivity index (χ4v) is 2.59. The first kappa shape index (κ1) is 22.2. The summed E-state index contributed by atoms with van der Waals surface area (Å²) < 4.78 is 0. The van der Waals surface area contributed by atoms with Gasteiger partial charge in [-0.15, -0.1) is 0 Å². The molecule has 1 rings (SSSR count). The minimum absolute atomic E-state index is 0.148. The smallest absolute Gasteiger partial charge is 0.321 e. The van der Waals surface area contributed by atoms with Crippen LogP contribution in [0.1, 0.15) is 32.3 Å². The van der Waals surface area contributed by atoms with E-state index in [0.717, 1.165) is 0 Å². The molecule has 0 heterocycles.